The third-order valence-corrected chi connectivity index (χ3v) is 3.88. The van der Waals surface area contributed by atoms with Crippen molar-refractivity contribution in [2.75, 3.05) is 5.32 Å². The summed E-state index contributed by atoms with van der Waals surface area (Å²) in [5, 5.41) is 2.16. The number of Topliss-reactive ketones (excluding diaryl/α,β-unsaturated/α-hetero) is 1. The molecule has 0 aliphatic rings. The summed E-state index contributed by atoms with van der Waals surface area (Å²) in [4.78, 5) is 35.6. The molecule has 1 N–H and O–H groups in total. The van der Waals surface area contributed by atoms with Crippen molar-refractivity contribution in [3.63, 3.8) is 0 Å². The Morgan fingerprint density at radius 1 is 1.15 bits per heavy atom. The predicted molar refractivity (Wildman–Crippen MR) is 90.6 cm³/mol. The number of rotatable bonds is 4. The molecule has 1 amide bonds. The van der Waals surface area contributed by atoms with Crippen LogP contribution in [0.1, 0.15) is 22.8 Å². The highest BCUT2D eigenvalue weighted by Gasteiger charge is 2.33. The van der Waals surface area contributed by atoms with Crippen LogP contribution in [0.4, 0.5) is 18.9 Å². The topological polar surface area (TPSA) is 81.3 Å². The van der Waals surface area contributed by atoms with E-state index in [0.29, 0.717) is 5.56 Å². The van der Waals surface area contributed by atoms with Crippen molar-refractivity contribution in [1.82, 2.24) is 4.57 Å². The first-order valence-corrected chi connectivity index (χ1v) is 7.77. The number of para-hydroxylation sites is 1. The lowest BCUT2D eigenvalue weighted by atomic mass is 10.1. The molecule has 0 bridgehead atoms. The van der Waals surface area contributed by atoms with E-state index in [9.17, 15) is 27.6 Å². The van der Waals surface area contributed by atoms with Crippen molar-refractivity contribution in [2.45, 2.75) is 19.6 Å². The second-order valence-corrected chi connectivity index (χ2v) is 5.78. The molecule has 0 aliphatic carbocycles. The second-order valence-electron chi connectivity index (χ2n) is 5.78. The molecule has 0 saturated heterocycles. The van der Waals surface area contributed by atoms with Crippen LogP contribution in [0.15, 0.2) is 51.7 Å². The Hall–Kier alpha value is -3.36. The van der Waals surface area contributed by atoms with Gasteiger partial charge >= 0.3 is 11.9 Å². The smallest absolute Gasteiger partial charge is 0.408 e. The van der Waals surface area contributed by atoms with Gasteiger partial charge in [0.25, 0.3) is 0 Å². The molecule has 0 aliphatic heterocycles. The molecule has 3 aromatic rings. The van der Waals surface area contributed by atoms with Gasteiger partial charge in [-0.1, -0.05) is 12.1 Å². The fourth-order valence-electron chi connectivity index (χ4n) is 2.61. The van der Waals surface area contributed by atoms with Gasteiger partial charge < -0.3 is 9.73 Å². The van der Waals surface area contributed by atoms with Crippen LogP contribution in [0.2, 0.25) is 0 Å². The Morgan fingerprint density at radius 2 is 1.85 bits per heavy atom. The Bertz CT molecular complexity index is 1100. The van der Waals surface area contributed by atoms with Crippen LogP contribution in [0, 0.1) is 0 Å². The highest BCUT2D eigenvalue weighted by atomic mass is 19.4. The number of oxazole rings is 1. The summed E-state index contributed by atoms with van der Waals surface area (Å²) in [6.07, 6.45) is -4.63. The summed E-state index contributed by atoms with van der Waals surface area (Å²) >= 11 is 0. The van der Waals surface area contributed by atoms with Gasteiger partial charge in [0.05, 0.1) is 16.8 Å². The molecule has 1 heterocycles. The van der Waals surface area contributed by atoms with E-state index in [1.54, 1.807) is 0 Å². The van der Waals surface area contributed by atoms with E-state index in [0.717, 1.165) is 16.7 Å². The third-order valence-electron chi connectivity index (χ3n) is 3.88. The van der Waals surface area contributed by atoms with Gasteiger partial charge in [-0.15, -0.1) is 0 Å². The number of hydrogen-bond acceptors (Lipinski definition) is 4. The summed E-state index contributed by atoms with van der Waals surface area (Å²) in [6, 6.07) is 8.80. The van der Waals surface area contributed by atoms with Crippen LogP contribution in [0.25, 0.3) is 11.1 Å². The zero-order valence-corrected chi connectivity index (χ0v) is 14.0. The van der Waals surface area contributed by atoms with Crippen molar-refractivity contribution < 1.29 is 27.2 Å². The van der Waals surface area contributed by atoms with Crippen molar-refractivity contribution in [2.24, 2.45) is 0 Å². The molecular formula is C18H13F3N2O4. The molecule has 140 valence electrons. The van der Waals surface area contributed by atoms with Gasteiger partial charge in [-0.3, -0.25) is 14.2 Å². The maximum Gasteiger partial charge on any atom is 0.420 e. The summed E-state index contributed by atoms with van der Waals surface area (Å²) in [5.41, 5.74) is -0.712. The molecule has 0 atom stereocenters. The minimum atomic E-state index is -4.63. The van der Waals surface area contributed by atoms with E-state index < -0.39 is 35.6 Å². The Labute approximate surface area is 150 Å². The predicted octanol–water partition coefficient (Wildman–Crippen LogP) is 3.45. The SMILES string of the molecule is CC(=O)c1ccc2c(c1)oc(=O)n2CC(=O)Nc1ccccc1C(F)(F)F. The zero-order chi connectivity index (χ0) is 19.8. The lowest BCUT2D eigenvalue weighted by Crippen LogP contribution is -2.25. The van der Waals surface area contributed by atoms with Gasteiger partial charge in [0.2, 0.25) is 5.91 Å². The number of benzene rings is 2. The van der Waals surface area contributed by atoms with E-state index >= 15 is 0 Å². The molecule has 0 unspecified atom stereocenters. The van der Waals surface area contributed by atoms with Crippen molar-refractivity contribution in [1.29, 1.82) is 0 Å². The van der Waals surface area contributed by atoms with E-state index in [4.69, 9.17) is 4.42 Å². The number of carbonyl (C=O) groups excluding carboxylic acids is 2. The fourth-order valence-corrected chi connectivity index (χ4v) is 2.61. The number of hydrogen-bond donors (Lipinski definition) is 1. The van der Waals surface area contributed by atoms with Crippen LogP contribution < -0.4 is 11.1 Å². The van der Waals surface area contributed by atoms with Gasteiger partial charge in [-0.2, -0.15) is 13.2 Å². The normalized spacial score (nSPS) is 11.6. The zero-order valence-electron chi connectivity index (χ0n) is 14.0. The Kier molecular flexibility index (Phi) is 4.61. The van der Waals surface area contributed by atoms with Gasteiger partial charge in [-0.25, -0.2) is 4.79 Å². The lowest BCUT2D eigenvalue weighted by molar-refractivity contribution is -0.137. The van der Waals surface area contributed by atoms with E-state index in [1.165, 1.54) is 37.3 Å². The Balaban J connectivity index is 1.88. The highest BCUT2D eigenvalue weighted by Crippen LogP contribution is 2.34. The molecule has 0 saturated carbocycles. The van der Waals surface area contributed by atoms with Gasteiger partial charge in [0.1, 0.15) is 6.54 Å². The number of halogens is 3. The maximum absolute atomic E-state index is 13.0. The van der Waals surface area contributed by atoms with Gasteiger partial charge in [-0.05, 0) is 37.3 Å². The maximum atomic E-state index is 13.0. The summed E-state index contributed by atoms with van der Waals surface area (Å²) in [7, 11) is 0. The van der Waals surface area contributed by atoms with E-state index in [2.05, 4.69) is 5.32 Å². The summed E-state index contributed by atoms with van der Waals surface area (Å²) < 4.78 is 45.0. The first-order valence-electron chi connectivity index (χ1n) is 7.77. The number of carbonyl (C=O) groups is 2. The molecule has 6 nitrogen and oxygen atoms in total. The van der Waals surface area contributed by atoms with Crippen molar-refractivity contribution >= 4 is 28.5 Å². The van der Waals surface area contributed by atoms with Crippen molar-refractivity contribution in [3.05, 3.63) is 64.1 Å². The van der Waals surface area contributed by atoms with E-state index in [1.807, 2.05) is 0 Å². The average Bonchev–Trinajstić information content (AvgIpc) is 2.89. The standard InChI is InChI=1S/C18H13F3N2O4/c1-10(24)11-6-7-14-15(8-11)27-17(26)23(14)9-16(25)22-13-5-3-2-4-12(13)18(19,20)21/h2-8H,9H2,1H3,(H,22,25). The number of nitrogens with one attached hydrogen (secondary N) is 1. The second kappa shape index (κ2) is 6.75. The molecule has 0 radical (unpaired) electrons. The van der Waals surface area contributed by atoms with E-state index in [-0.39, 0.29) is 16.9 Å². The summed E-state index contributed by atoms with van der Waals surface area (Å²) in [5.74, 6) is -1.91. The van der Waals surface area contributed by atoms with Crippen LogP contribution in [0.3, 0.4) is 0 Å². The minimum absolute atomic E-state index is 0.108. The van der Waals surface area contributed by atoms with Crippen molar-refractivity contribution in [3.8, 4) is 0 Å². The number of amides is 1. The monoisotopic (exact) mass is 378 g/mol. The largest absolute Gasteiger partial charge is 0.420 e. The molecule has 9 heteroatoms. The van der Waals surface area contributed by atoms with Crippen LogP contribution in [-0.2, 0) is 17.5 Å². The number of nitrogens with zero attached hydrogens (tertiary/aromatic N) is 1. The van der Waals surface area contributed by atoms with Crippen LogP contribution in [0.5, 0.6) is 0 Å². The quantitative estimate of drug-likeness (QED) is 0.705. The molecule has 0 fully saturated rings. The van der Waals surface area contributed by atoms with Crippen LogP contribution in [-0.4, -0.2) is 16.3 Å². The molecule has 1 aromatic heterocycles. The number of anilines is 1. The molecule has 3 rings (SSSR count). The summed E-state index contributed by atoms with van der Waals surface area (Å²) in [6.45, 7) is 0.805. The molecule has 2 aromatic carbocycles. The first kappa shape index (κ1) is 18.4. The molecular weight excluding hydrogens is 365 g/mol. The number of fused-ring (bicyclic) bond motifs is 1. The Morgan fingerprint density at radius 3 is 2.52 bits per heavy atom. The lowest BCUT2D eigenvalue weighted by Gasteiger charge is -2.13. The van der Waals surface area contributed by atoms with Crippen LogP contribution >= 0.6 is 0 Å². The first-order chi connectivity index (χ1) is 12.7. The number of ketones is 1. The average molecular weight is 378 g/mol. The van der Waals surface area contributed by atoms with Gasteiger partial charge in [0, 0.05) is 5.56 Å². The third kappa shape index (κ3) is 3.76. The fraction of sp³-hybridized carbons (Fsp3) is 0.167. The van der Waals surface area contributed by atoms with Gasteiger partial charge in [0.15, 0.2) is 11.4 Å². The molecule has 0 spiro atoms. The minimum Gasteiger partial charge on any atom is -0.408 e. The number of aromatic nitrogens is 1. The highest BCUT2D eigenvalue weighted by molar-refractivity contribution is 5.97. The number of alkyl halides is 3. The molecule has 27 heavy (non-hydrogen) atoms.